The van der Waals surface area contributed by atoms with Crippen molar-refractivity contribution in [1.29, 1.82) is 0 Å². The third kappa shape index (κ3) is 5.02. The zero-order valence-electron chi connectivity index (χ0n) is 17.8. The van der Waals surface area contributed by atoms with Crippen molar-refractivity contribution in [2.45, 2.75) is 45.1 Å². The fourth-order valence-corrected chi connectivity index (χ4v) is 4.18. The molecule has 0 saturated heterocycles. The molecular weight excluding hydrogens is 388 g/mol. The molecule has 160 valence electrons. The molecule has 31 heavy (non-hydrogen) atoms. The lowest BCUT2D eigenvalue weighted by molar-refractivity contribution is -0.120. The number of anilines is 1. The first-order valence-electron chi connectivity index (χ1n) is 10.8. The molecule has 2 aromatic carbocycles. The Morgan fingerprint density at radius 3 is 2.68 bits per heavy atom. The highest BCUT2D eigenvalue weighted by atomic mass is 16.2. The second-order valence-corrected chi connectivity index (χ2v) is 8.04. The predicted octanol–water partition coefficient (Wildman–Crippen LogP) is 3.80. The Morgan fingerprint density at radius 2 is 1.84 bits per heavy atom. The highest BCUT2D eigenvalue weighted by molar-refractivity contribution is 5.91. The van der Waals surface area contributed by atoms with Gasteiger partial charge in [0.15, 0.2) is 0 Å². The van der Waals surface area contributed by atoms with Gasteiger partial charge in [0.25, 0.3) is 0 Å². The molecule has 4 rings (SSSR count). The largest absolute Gasteiger partial charge is 0.355 e. The van der Waals surface area contributed by atoms with E-state index in [-0.39, 0.29) is 24.3 Å². The van der Waals surface area contributed by atoms with Gasteiger partial charge in [-0.3, -0.25) is 9.59 Å². The summed E-state index contributed by atoms with van der Waals surface area (Å²) in [5, 5.41) is 10.4. The van der Waals surface area contributed by atoms with Crippen molar-refractivity contribution in [1.82, 2.24) is 15.1 Å². The van der Waals surface area contributed by atoms with Crippen LogP contribution in [0.15, 0.2) is 60.8 Å². The van der Waals surface area contributed by atoms with Crippen molar-refractivity contribution in [3.63, 3.8) is 0 Å². The minimum absolute atomic E-state index is 0.0842. The second kappa shape index (κ2) is 9.60. The van der Waals surface area contributed by atoms with E-state index in [0.29, 0.717) is 13.0 Å². The second-order valence-electron chi connectivity index (χ2n) is 8.04. The highest BCUT2D eigenvalue weighted by Gasteiger charge is 2.25. The summed E-state index contributed by atoms with van der Waals surface area (Å²) in [4.78, 5) is 24.7. The molecule has 1 atom stereocenters. The molecule has 0 saturated carbocycles. The Kier molecular flexibility index (Phi) is 6.46. The van der Waals surface area contributed by atoms with Gasteiger partial charge in [-0.05, 0) is 42.9 Å². The number of carbonyl (C=O) groups excluding carboxylic acids is 2. The van der Waals surface area contributed by atoms with Gasteiger partial charge < -0.3 is 10.6 Å². The van der Waals surface area contributed by atoms with E-state index in [4.69, 9.17) is 0 Å². The minimum Gasteiger partial charge on any atom is -0.355 e. The highest BCUT2D eigenvalue weighted by Crippen LogP contribution is 2.35. The van der Waals surface area contributed by atoms with E-state index in [1.54, 1.807) is 6.20 Å². The van der Waals surface area contributed by atoms with E-state index in [1.807, 2.05) is 41.9 Å². The van der Waals surface area contributed by atoms with E-state index < -0.39 is 0 Å². The number of aromatic nitrogens is 2. The van der Waals surface area contributed by atoms with Crippen molar-refractivity contribution >= 4 is 17.6 Å². The third-order valence-corrected chi connectivity index (χ3v) is 5.75. The Bertz CT molecular complexity index is 1060. The molecule has 1 aliphatic carbocycles. The number of carbonyl (C=O) groups is 2. The van der Waals surface area contributed by atoms with Gasteiger partial charge in [0.2, 0.25) is 11.8 Å². The quantitative estimate of drug-likeness (QED) is 0.615. The lowest BCUT2D eigenvalue weighted by atomic mass is 9.88. The summed E-state index contributed by atoms with van der Waals surface area (Å²) in [5.41, 5.74) is 4.52. The van der Waals surface area contributed by atoms with Gasteiger partial charge in [-0.2, -0.15) is 5.10 Å². The summed E-state index contributed by atoms with van der Waals surface area (Å²) in [6.07, 6.45) is 5.51. The molecule has 0 bridgehead atoms. The topological polar surface area (TPSA) is 76.0 Å². The predicted molar refractivity (Wildman–Crippen MR) is 121 cm³/mol. The maximum Gasteiger partial charge on any atom is 0.227 e. The number of amides is 2. The fourth-order valence-electron chi connectivity index (χ4n) is 4.18. The lowest BCUT2D eigenvalue weighted by Gasteiger charge is -2.27. The minimum atomic E-state index is -0.131. The van der Waals surface area contributed by atoms with Crippen LogP contribution in [0.5, 0.6) is 0 Å². The van der Waals surface area contributed by atoms with Crippen LogP contribution in [0.25, 0.3) is 0 Å². The first-order chi connectivity index (χ1) is 15.1. The molecule has 0 spiro atoms. The number of hydrogen-bond donors (Lipinski definition) is 2. The van der Waals surface area contributed by atoms with Crippen molar-refractivity contribution < 1.29 is 9.59 Å². The molecule has 3 aromatic rings. The monoisotopic (exact) mass is 416 g/mol. The van der Waals surface area contributed by atoms with Gasteiger partial charge in [-0.1, -0.05) is 54.6 Å². The molecule has 1 aliphatic rings. The smallest absolute Gasteiger partial charge is 0.227 e. The van der Waals surface area contributed by atoms with Crippen LogP contribution in [0.4, 0.5) is 5.82 Å². The van der Waals surface area contributed by atoms with E-state index in [2.05, 4.69) is 40.0 Å². The van der Waals surface area contributed by atoms with E-state index in [1.165, 1.54) is 11.1 Å². The lowest BCUT2D eigenvalue weighted by Crippen LogP contribution is -2.29. The maximum atomic E-state index is 12.6. The molecule has 6 heteroatoms. The zero-order chi connectivity index (χ0) is 21.6. The van der Waals surface area contributed by atoms with Crippen LogP contribution in [-0.4, -0.2) is 28.1 Å². The molecule has 6 nitrogen and oxygen atoms in total. The summed E-state index contributed by atoms with van der Waals surface area (Å²) in [5.74, 6) is 0.523. The molecule has 0 aliphatic heterocycles. The number of nitrogens with zero attached hydrogens (tertiary/aromatic N) is 2. The SMILES string of the molecule is Cc1cnn(C2CCCc3ccccc32)c1NC(=O)CCNC(=O)Cc1ccccc1. The first kappa shape index (κ1) is 20.8. The van der Waals surface area contributed by atoms with Gasteiger partial charge in [-0.25, -0.2) is 4.68 Å². The van der Waals surface area contributed by atoms with Gasteiger partial charge >= 0.3 is 0 Å². The first-order valence-corrected chi connectivity index (χ1v) is 10.8. The van der Waals surface area contributed by atoms with Crippen LogP contribution >= 0.6 is 0 Å². The van der Waals surface area contributed by atoms with Crippen molar-refractivity contribution in [3.8, 4) is 0 Å². The number of aryl methyl sites for hydroxylation is 2. The summed E-state index contributed by atoms with van der Waals surface area (Å²) in [6, 6.07) is 18.2. The van der Waals surface area contributed by atoms with Crippen molar-refractivity contribution in [3.05, 3.63) is 83.0 Å². The van der Waals surface area contributed by atoms with Gasteiger partial charge in [0.05, 0.1) is 18.7 Å². The van der Waals surface area contributed by atoms with E-state index >= 15 is 0 Å². The standard InChI is InChI=1S/C25H28N4O2/c1-18-17-27-29(22-13-7-11-20-10-5-6-12-21(20)22)25(18)28-23(30)14-15-26-24(31)16-19-8-3-2-4-9-19/h2-6,8-10,12,17,22H,7,11,13-16H2,1H3,(H,26,31)(H,28,30). The summed E-state index contributed by atoms with van der Waals surface area (Å²) in [7, 11) is 0. The fraction of sp³-hybridized carbons (Fsp3) is 0.320. The average molecular weight is 417 g/mol. The average Bonchev–Trinajstić information content (AvgIpc) is 3.14. The number of nitrogens with one attached hydrogen (secondary N) is 2. The summed E-state index contributed by atoms with van der Waals surface area (Å²) < 4.78 is 1.94. The van der Waals surface area contributed by atoms with E-state index in [9.17, 15) is 9.59 Å². The maximum absolute atomic E-state index is 12.6. The molecular formula is C25H28N4O2. The molecule has 2 amide bonds. The van der Waals surface area contributed by atoms with Crippen molar-refractivity contribution in [2.75, 3.05) is 11.9 Å². The summed E-state index contributed by atoms with van der Waals surface area (Å²) >= 11 is 0. The Balaban J connectivity index is 1.35. The van der Waals surface area contributed by atoms with Gasteiger partial charge in [0, 0.05) is 18.5 Å². The molecule has 0 radical (unpaired) electrons. The molecule has 0 fully saturated rings. The van der Waals surface area contributed by atoms with Gasteiger partial charge in [0.1, 0.15) is 5.82 Å². The number of fused-ring (bicyclic) bond motifs is 1. The number of hydrogen-bond acceptors (Lipinski definition) is 3. The molecule has 1 aromatic heterocycles. The Labute approximate surface area is 182 Å². The Hall–Kier alpha value is -3.41. The molecule has 2 N–H and O–H groups in total. The van der Waals surface area contributed by atoms with Gasteiger partial charge in [-0.15, -0.1) is 0 Å². The normalized spacial score (nSPS) is 15.2. The van der Waals surface area contributed by atoms with Crippen LogP contribution in [0.1, 0.15) is 47.6 Å². The van der Waals surface area contributed by atoms with Crippen LogP contribution in [-0.2, 0) is 22.4 Å². The zero-order valence-corrected chi connectivity index (χ0v) is 17.8. The number of rotatable bonds is 7. The van der Waals surface area contributed by atoms with Crippen LogP contribution in [0.3, 0.4) is 0 Å². The molecule has 1 unspecified atom stereocenters. The van der Waals surface area contributed by atoms with Crippen molar-refractivity contribution in [2.24, 2.45) is 0 Å². The number of benzene rings is 2. The van der Waals surface area contributed by atoms with Crippen LogP contribution < -0.4 is 10.6 Å². The van der Waals surface area contributed by atoms with E-state index in [0.717, 1.165) is 36.2 Å². The summed E-state index contributed by atoms with van der Waals surface area (Å²) in [6.45, 7) is 2.26. The van der Waals surface area contributed by atoms with Crippen LogP contribution in [0.2, 0.25) is 0 Å². The van der Waals surface area contributed by atoms with Crippen LogP contribution in [0, 0.1) is 6.92 Å². The Morgan fingerprint density at radius 1 is 1.06 bits per heavy atom. The third-order valence-electron chi connectivity index (χ3n) is 5.75. The molecule has 1 heterocycles.